The van der Waals surface area contributed by atoms with Gasteiger partial charge in [-0.15, -0.1) is 0 Å². The summed E-state index contributed by atoms with van der Waals surface area (Å²) in [7, 11) is -2.30. The van der Waals surface area contributed by atoms with Crippen LogP contribution in [0.2, 0.25) is 0 Å². The Kier molecular flexibility index (Phi) is 8.77. The van der Waals surface area contributed by atoms with Crippen LogP contribution in [0.5, 0.6) is 5.75 Å². The molecule has 1 atom stereocenters. The first kappa shape index (κ1) is 26.5. The minimum atomic E-state index is -3.79. The van der Waals surface area contributed by atoms with E-state index in [-0.39, 0.29) is 18.5 Å². The number of nitrogens with one attached hydrogen (secondary N) is 1. The van der Waals surface area contributed by atoms with E-state index in [0.717, 1.165) is 47.4 Å². The smallest absolute Gasteiger partial charge is 0.244 e. The Labute approximate surface area is 208 Å². The van der Waals surface area contributed by atoms with Crippen molar-refractivity contribution in [2.45, 2.75) is 58.2 Å². The summed E-state index contributed by atoms with van der Waals surface area (Å²) in [6.45, 7) is 3.40. The van der Waals surface area contributed by atoms with E-state index in [2.05, 4.69) is 5.32 Å². The molecule has 1 N–H and O–H groups in total. The molecule has 0 unspecified atom stereocenters. The van der Waals surface area contributed by atoms with E-state index in [1.807, 2.05) is 31.2 Å². The van der Waals surface area contributed by atoms with Crippen molar-refractivity contribution in [2.75, 3.05) is 24.2 Å². The lowest BCUT2D eigenvalue weighted by Crippen LogP contribution is -2.52. The fourth-order valence-electron chi connectivity index (χ4n) is 4.32. The number of methoxy groups -OCH3 is 1. The maximum Gasteiger partial charge on any atom is 0.244 e. The standard InChI is InChI=1S/C26H35N3O5S/c1-19-10-5-6-11-21(19)17-28(20(2)26(31)27-22-12-7-8-13-22)25(30)18-29(35(4,32)33)23-14-9-15-24(16-23)34-3/h5-6,9-11,14-16,20,22H,7-8,12-13,17-18H2,1-4H3,(H,27,31)/t20-/m1/s1. The highest BCUT2D eigenvalue weighted by molar-refractivity contribution is 7.92. The maximum atomic E-state index is 13.6. The molecule has 2 aromatic rings. The van der Waals surface area contributed by atoms with Crippen LogP contribution in [0.3, 0.4) is 0 Å². The van der Waals surface area contributed by atoms with Gasteiger partial charge >= 0.3 is 0 Å². The Hall–Kier alpha value is -3.07. The molecule has 8 nitrogen and oxygen atoms in total. The molecule has 3 rings (SSSR count). The van der Waals surface area contributed by atoms with Crippen molar-refractivity contribution in [2.24, 2.45) is 0 Å². The Morgan fingerprint density at radius 3 is 2.43 bits per heavy atom. The van der Waals surface area contributed by atoms with Gasteiger partial charge in [-0.2, -0.15) is 0 Å². The molecule has 2 amide bonds. The number of carbonyl (C=O) groups excluding carboxylic acids is 2. The second-order valence-corrected chi connectivity index (χ2v) is 11.0. The van der Waals surface area contributed by atoms with E-state index < -0.39 is 28.5 Å². The summed E-state index contributed by atoms with van der Waals surface area (Å²) in [6, 6.07) is 13.5. The number of carbonyl (C=O) groups is 2. The van der Waals surface area contributed by atoms with Gasteiger partial charge in [0.1, 0.15) is 18.3 Å². The molecule has 1 aliphatic carbocycles. The zero-order valence-electron chi connectivity index (χ0n) is 20.9. The van der Waals surface area contributed by atoms with Gasteiger partial charge in [0.2, 0.25) is 21.8 Å². The van der Waals surface area contributed by atoms with Crippen molar-refractivity contribution in [3.8, 4) is 5.75 Å². The lowest BCUT2D eigenvalue weighted by Gasteiger charge is -2.32. The number of amides is 2. The Morgan fingerprint density at radius 1 is 1.11 bits per heavy atom. The molecule has 35 heavy (non-hydrogen) atoms. The molecular formula is C26H35N3O5S. The van der Waals surface area contributed by atoms with Crippen LogP contribution < -0.4 is 14.4 Å². The van der Waals surface area contributed by atoms with Crippen LogP contribution >= 0.6 is 0 Å². The minimum Gasteiger partial charge on any atom is -0.497 e. The van der Waals surface area contributed by atoms with Crippen LogP contribution in [0, 0.1) is 6.92 Å². The molecule has 1 saturated carbocycles. The minimum absolute atomic E-state index is 0.115. The highest BCUT2D eigenvalue weighted by Gasteiger charge is 2.31. The number of hydrogen-bond donors (Lipinski definition) is 1. The highest BCUT2D eigenvalue weighted by Crippen LogP contribution is 2.24. The highest BCUT2D eigenvalue weighted by atomic mass is 32.2. The second-order valence-electron chi connectivity index (χ2n) is 9.09. The zero-order valence-corrected chi connectivity index (χ0v) is 21.7. The van der Waals surface area contributed by atoms with Crippen molar-refractivity contribution in [3.63, 3.8) is 0 Å². The van der Waals surface area contributed by atoms with Gasteiger partial charge in [-0.1, -0.05) is 43.2 Å². The summed E-state index contributed by atoms with van der Waals surface area (Å²) in [6.07, 6.45) is 5.08. The van der Waals surface area contributed by atoms with Crippen LogP contribution in [-0.4, -0.2) is 57.1 Å². The molecule has 0 saturated heterocycles. The molecular weight excluding hydrogens is 466 g/mol. The lowest BCUT2D eigenvalue weighted by atomic mass is 10.1. The average molecular weight is 502 g/mol. The number of sulfonamides is 1. The molecule has 2 aromatic carbocycles. The molecule has 0 radical (unpaired) electrons. The second kappa shape index (κ2) is 11.6. The maximum absolute atomic E-state index is 13.6. The normalized spacial score (nSPS) is 14.9. The Balaban J connectivity index is 1.90. The summed E-state index contributed by atoms with van der Waals surface area (Å²) in [4.78, 5) is 28.2. The molecule has 0 aliphatic heterocycles. The van der Waals surface area contributed by atoms with Gasteiger partial charge in [-0.25, -0.2) is 8.42 Å². The summed E-state index contributed by atoms with van der Waals surface area (Å²) >= 11 is 0. The Bertz CT molecular complexity index is 1150. The van der Waals surface area contributed by atoms with E-state index in [1.54, 1.807) is 31.2 Å². The van der Waals surface area contributed by atoms with Gasteiger partial charge in [0.25, 0.3) is 0 Å². The van der Waals surface area contributed by atoms with Crippen LogP contribution in [0.1, 0.15) is 43.7 Å². The van der Waals surface area contributed by atoms with Gasteiger partial charge in [0, 0.05) is 18.7 Å². The van der Waals surface area contributed by atoms with E-state index >= 15 is 0 Å². The van der Waals surface area contributed by atoms with Gasteiger partial charge in [0.05, 0.1) is 19.1 Å². The fourth-order valence-corrected chi connectivity index (χ4v) is 5.17. The number of benzene rings is 2. The van der Waals surface area contributed by atoms with Crippen LogP contribution in [0.15, 0.2) is 48.5 Å². The van der Waals surface area contributed by atoms with Gasteiger partial charge in [-0.05, 0) is 49.9 Å². The van der Waals surface area contributed by atoms with E-state index in [1.165, 1.54) is 12.0 Å². The molecule has 0 spiro atoms. The lowest BCUT2D eigenvalue weighted by molar-refractivity contribution is -0.139. The molecule has 9 heteroatoms. The van der Waals surface area contributed by atoms with Crippen LogP contribution in [0.4, 0.5) is 5.69 Å². The number of ether oxygens (including phenoxy) is 1. The van der Waals surface area contributed by atoms with E-state index in [0.29, 0.717) is 11.4 Å². The number of hydrogen-bond acceptors (Lipinski definition) is 5. The van der Waals surface area contributed by atoms with Crippen molar-refractivity contribution < 1.29 is 22.7 Å². The van der Waals surface area contributed by atoms with Crippen LogP contribution in [-0.2, 0) is 26.2 Å². The average Bonchev–Trinajstić information content (AvgIpc) is 3.33. The van der Waals surface area contributed by atoms with E-state index in [4.69, 9.17) is 4.74 Å². The van der Waals surface area contributed by atoms with Gasteiger partial charge in [0.15, 0.2) is 0 Å². The molecule has 0 bridgehead atoms. The summed E-state index contributed by atoms with van der Waals surface area (Å²) in [5.41, 5.74) is 2.20. The summed E-state index contributed by atoms with van der Waals surface area (Å²) < 4.78 is 31.6. The van der Waals surface area contributed by atoms with Crippen molar-refractivity contribution in [1.29, 1.82) is 0 Å². The third kappa shape index (κ3) is 6.97. The SMILES string of the molecule is COc1cccc(N(CC(=O)N(Cc2ccccc2C)[C@H](C)C(=O)NC2CCCC2)S(C)(=O)=O)c1. The fraction of sp³-hybridized carbons (Fsp3) is 0.462. The topological polar surface area (TPSA) is 96.0 Å². The zero-order chi connectivity index (χ0) is 25.6. The Morgan fingerprint density at radius 2 is 1.80 bits per heavy atom. The first-order chi connectivity index (χ1) is 16.6. The number of nitrogens with zero attached hydrogens (tertiary/aromatic N) is 2. The van der Waals surface area contributed by atoms with Crippen molar-refractivity contribution >= 4 is 27.5 Å². The third-order valence-electron chi connectivity index (χ3n) is 6.49. The molecule has 0 aromatic heterocycles. The first-order valence-corrected chi connectivity index (χ1v) is 13.7. The molecule has 190 valence electrons. The predicted molar refractivity (Wildman–Crippen MR) is 137 cm³/mol. The predicted octanol–water partition coefficient (Wildman–Crippen LogP) is 3.25. The van der Waals surface area contributed by atoms with E-state index in [9.17, 15) is 18.0 Å². The number of anilines is 1. The summed E-state index contributed by atoms with van der Waals surface area (Å²) in [5.74, 6) is -0.216. The third-order valence-corrected chi connectivity index (χ3v) is 7.63. The quantitative estimate of drug-likeness (QED) is 0.539. The van der Waals surface area contributed by atoms with Crippen molar-refractivity contribution in [3.05, 3.63) is 59.7 Å². The molecule has 1 fully saturated rings. The molecule has 0 heterocycles. The van der Waals surface area contributed by atoms with Gasteiger partial charge in [-0.3, -0.25) is 13.9 Å². The largest absolute Gasteiger partial charge is 0.497 e. The number of aryl methyl sites for hydroxylation is 1. The summed E-state index contributed by atoms with van der Waals surface area (Å²) in [5, 5.41) is 3.06. The van der Waals surface area contributed by atoms with Crippen LogP contribution in [0.25, 0.3) is 0 Å². The molecule has 1 aliphatic rings. The number of rotatable bonds is 10. The monoisotopic (exact) mass is 501 g/mol. The van der Waals surface area contributed by atoms with Crippen molar-refractivity contribution in [1.82, 2.24) is 10.2 Å². The first-order valence-electron chi connectivity index (χ1n) is 11.9. The van der Waals surface area contributed by atoms with Gasteiger partial charge < -0.3 is 15.0 Å².